The first-order chi connectivity index (χ1) is 14.5. The molecule has 0 radical (unpaired) electrons. The van der Waals surface area contributed by atoms with Crippen molar-refractivity contribution in [2.75, 3.05) is 13.2 Å². The molecule has 0 amide bonds. The van der Waals surface area contributed by atoms with E-state index in [1.54, 1.807) is 19.1 Å². The Kier molecular flexibility index (Phi) is 7.38. The number of carbonyl (C=O) groups excluding carboxylic acids is 1. The van der Waals surface area contributed by atoms with Gasteiger partial charge in [-0.05, 0) is 44.2 Å². The van der Waals surface area contributed by atoms with E-state index in [9.17, 15) is 9.59 Å². The third kappa shape index (κ3) is 5.80. The zero-order chi connectivity index (χ0) is 21.3. The molecule has 0 unspecified atom stereocenters. The van der Waals surface area contributed by atoms with Crippen LogP contribution in [0.4, 0.5) is 0 Å². The molecule has 0 saturated carbocycles. The summed E-state index contributed by atoms with van der Waals surface area (Å²) in [4.78, 5) is 27.7. The van der Waals surface area contributed by atoms with Crippen molar-refractivity contribution < 1.29 is 18.7 Å². The van der Waals surface area contributed by atoms with Gasteiger partial charge in [-0.2, -0.15) is 0 Å². The number of hydrogen-bond donors (Lipinski definition) is 0. The third-order valence-corrected chi connectivity index (χ3v) is 4.55. The summed E-state index contributed by atoms with van der Waals surface area (Å²) in [6, 6.07) is 13.0. The lowest BCUT2D eigenvalue weighted by Crippen LogP contribution is -2.06. The van der Waals surface area contributed by atoms with Crippen LogP contribution in [-0.4, -0.2) is 24.2 Å². The van der Waals surface area contributed by atoms with Crippen LogP contribution in [0.25, 0.3) is 22.1 Å². The lowest BCUT2D eigenvalue weighted by Gasteiger charge is -2.07. The average Bonchev–Trinajstić information content (AvgIpc) is 2.75. The molecule has 0 aliphatic carbocycles. The zero-order valence-corrected chi connectivity index (χ0v) is 17.1. The molecule has 1 aromatic carbocycles. The number of rotatable bonds is 10. The first-order valence-corrected chi connectivity index (χ1v) is 9.99. The summed E-state index contributed by atoms with van der Waals surface area (Å²) in [5.74, 6) is 0.151. The predicted octanol–water partition coefficient (Wildman–Crippen LogP) is 4.91. The lowest BCUT2D eigenvalue weighted by molar-refractivity contribution is -0.139. The van der Waals surface area contributed by atoms with E-state index in [4.69, 9.17) is 13.9 Å². The molecule has 0 fully saturated rings. The van der Waals surface area contributed by atoms with Gasteiger partial charge in [0.2, 0.25) is 5.88 Å². The van der Waals surface area contributed by atoms with Gasteiger partial charge in [0.1, 0.15) is 0 Å². The molecule has 6 nitrogen and oxygen atoms in total. The lowest BCUT2D eigenvalue weighted by atomic mass is 10.1. The van der Waals surface area contributed by atoms with Gasteiger partial charge >= 0.3 is 11.6 Å². The van der Waals surface area contributed by atoms with E-state index in [0.717, 1.165) is 36.6 Å². The molecule has 0 aliphatic heterocycles. The van der Waals surface area contributed by atoms with Gasteiger partial charge in [0.25, 0.3) is 0 Å². The van der Waals surface area contributed by atoms with E-state index < -0.39 is 5.63 Å². The van der Waals surface area contributed by atoms with Gasteiger partial charge < -0.3 is 13.9 Å². The second kappa shape index (κ2) is 10.4. The fourth-order valence-corrected chi connectivity index (χ4v) is 2.93. The van der Waals surface area contributed by atoms with E-state index in [1.807, 2.05) is 30.3 Å². The number of fused-ring (bicyclic) bond motifs is 1. The highest BCUT2D eigenvalue weighted by molar-refractivity contribution is 5.86. The predicted molar refractivity (Wildman–Crippen MR) is 115 cm³/mol. The van der Waals surface area contributed by atoms with E-state index in [2.05, 4.69) is 11.6 Å². The Hall–Kier alpha value is -3.41. The fourth-order valence-electron chi connectivity index (χ4n) is 2.93. The van der Waals surface area contributed by atoms with E-state index in [-0.39, 0.29) is 5.97 Å². The Balaban J connectivity index is 1.50. The molecule has 3 rings (SSSR count). The van der Waals surface area contributed by atoms with Crippen LogP contribution in [0.5, 0.6) is 5.88 Å². The number of carbonyl (C=O) groups is 1. The highest BCUT2D eigenvalue weighted by atomic mass is 16.5. The van der Waals surface area contributed by atoms with Crippen molar-refractivity contribution in [1.29, 1.82) is 0 Å². The number of hydrogen-bond acceptors (Lipinski definition) is 6. The molecule has 156 valence electrons. The Bertz CT molecular complexity index is 1070. The number of benzene rings is 1. The largest absolute Gasteiger partial charge is 0.478 e. The quantitative estimate of drug-likeness (QED) is 0.270. The molecule has 0 N–H and O–H groups in total. The second-order valence-electron chi connectivity index (χ2n) is 7.05. The minimum atomic E-state index is -0.391. The molecule has 0 atom stereocenters. The van der Waals surface area contributed by atoms with E-state index in [0.29, 0.717) is 35.8 Å². The Morgan fingerprint density at radius 2 is 1.80 bits per heavy atom. The smallest absolute Gasteiger partial charge is 0.344 e. The Morgan fingerprint density at radius 1 is 1.07 bits per heavy atom. The molecule has 2 heterocycles. The van der Waals surface area contributed by atoms with Gasteiger partial charge in [-0.15, -0.1) is 0 Å². The Labute approximate surface area is 175 Å². The van der Waals surface area contributed by atoms with Crippen LogP contribution >= 0.6 is 0 Å². The number of nitrogens with zero attached hydrogens (tertiary/aromatic N) is 1. The summed E-state index contributed by atoms with van der Waals surface area (Å²) in [5, 5.41) is 0.762. The summed E-state index contributed by atoms with van der Waals surface area (Å²) < 4.78 is 16.2. The maximum Gasteiger partial charge on any atom is 0.344 e. The molecular weight excluding hydrogens is 382 g/mol. The summed E-state index contributed by atoms with van der Waals surface area (Å²) in [6.45, 7) is 6.13. The maximum atomic E-state index is 12.3. The first-order valence-electron chi connectivity index (χ1n) is 9.99. The van der Waals surface area contributed by atoms with Crippen LogP contribution in [0.2, 0.25) is 0 Å². The number of ether oxygens (including phenoxy) is 2. The first kappa shape index (κ1) is 21.3. The minimum absolute atomic E-state index is 0.341. The molecule has 0 bridgehead atoms. The molecule has 30 heavy (non-hydrogen) atoms. The SMILES string of the molecule is C=C(C)C(=O)OCCCCCCOc1cc2cc(-c3ccccc3)c(=O)oc2cn1. The topological polar surface area (TPSA) is 78.6 Å². The normalized spacial score (nSPS) is 10.7. The zero-order valence-electron chi connectivity index (χ0n) is 17.1. The van der Waals surface area contributed by atoms with Gasteiger partial charge in [0, 0.05) is 17.0 Å². The van der Waals surface area contributed by atoms with Crippen molar-refractivity contribution in [2.45, 2.75) is 32.6 Å². The van der Waals surface area contributed by atoms with Crippen LogP contribution in [0, 0.1) is 0 Å². The molecule has 0 aliphatic rings. The molecule has 6 heteroatoms. The van der Waals surface area contributed by atoms with Crippen molar-refractivity contribution >= 4 is 16.9 Å². The standard InChI is InChI=1S/C24H25NO5/c1-17(2)23(26)29-13-9-4-3-8-12-28-22-15-19-14-20(18-10-6-5-7-11-18)24(27)30-21(19)16-25-22/h5-7,10-11,14-16H,1,3-4,8-9,12-13H2,2H3. The molecule has 0 saturated heterocycles. The third-order valence-electron chi connectivity index (χ3n) is 4.55. The van der Waals surface area contributed by atoms with Crippen LogP contribution in [-0.2, 0) is 9.53 Å². The highest BCUT2D eigenvalue weighted by Gasteiger charge is 2.09. The monoisotopic (exact) mass is 407 g/mol. The molecule has 0 spiro atoms. The van der Waals surface area contributed by atoms with E-state index in [1.165, 1.54) is 6.20 Å². The summed E-state index contributed by atoms with van der Waals surface area (Å²) in [5.41, 5.74) is 1.77. The summed E-state index contributed by atoms with van der Waals surface area (Å²) in [7, 11) is 0. The summed E-state index contributed by atoms with van der Waals surface area (Å²) >= 11 is 0. The van der Waals surface area contributed by atoms with Crippen LogP contribution in [0.15, 0.2) is 70.0 Å². The average molecular weight is 407 g/mol. The van der Waals surface area contributed by atoms with Gasteiger partial charge in [-0.1, -0.05) is 36.9 Å². The second-order valence-corrected chi connectivity index (χ2v) is 7.05. The molecule has 2 aromatic heterocycles. The number of pyridine rings is 1. The molecule has 3 aromatic rings. The van der Waals surface area contributed by atoms with Crippen molar-refractivity contribution in [3.63, 3.8) is 0 Å². The van der Waals surface area contributed by atoms with Crippen LogP contribution in [0.1, 0.15) is 32.6 Å². The van der Waals surface area contributed by atoms with Crippen molar-refractivity contribution in [2.24, 2.45) is 0 Å². The van der Waals surface area contributed by atoms with E-state index >= 15 is 0 Å². The van der Waals surface area contributed by atoms with Gasteiger partial charge in [-0.3, -0.25) is 0 Å². The van der Waals surface area contributed by atoms with Crippen LogP contribution < -0.4 is 10.4 Å². The molecular formula is C24H25NO5. The minimum Gasteiger partial charge on any atom is -0.478 e. The number of aromatic nitrogens is 1. The number of esters is 1. The van der Waals surface area contributed by atoms with Crippen molar-refractivity contribution in [1.82, 2.24) is 4.98 Å². The van der Waals surface area contributed by atoms with Gasteiger partial charge in [0.05, 0.1) is 25.0 Å². The Morgan fingerprint density at radius 3 is 2.53 bits per heavy atom. The van der Waals surface area contributed by atoms with Crippen molar-refractivity contribution in [3.8, 4) is 17.0 Å². The highest BCUT2D eigenvalue weighted by Crippen LogP contribution is 2.23. The maximum absolute atomic E-state index is 12.3. The summed E-state index contributed by atoms with van der Waals surface area (Å²) in [6.07, 6.45) is 5.10. The van der Waals surface area contributed by atoms with Gasteiger partial charge in [0.15, 0.2) is 5.58 Å². The number of unbranched alkanes of at least 4 members (excludes halogenated alkanes) is 3. The van der Waals surface area contributed by atoms with Crippen LogP contribution in [0.3, 0.4) is 0 Å². The van der Waals surface area contributed by atoms with Crippen molar-refractivity contribution in [3.05, 3.63) is 71.2 Å². The fraction of sp³-hybridized carbons (Fsp3) is 0.292. The van der Waals surface area contributed by atoms with Gasteiger partial charge in [-0.25, -0.2) is 14.6 Å².